The van der Waals surface area contributed by atoms with Crippen LogP contribution in [0.5, 0.6) is 0 Å². The van der Waals surface area contributed by atoms with Gasteiger partial charge >= 0.3 is 13.3 Å². The van der Waals surface area contributed by atoms with Crippen LogP contribution < -0.4 is 10.8 Å². The molecule has 0 radical (unpaired) electrons. The number of fused-ring (bicyclic) bond motifs is 1. The summed E-state index contributed by atoms with van der Waals surface area (Å²) >= 11 is 11.6. The molecule has 1 unspecified atom stereocenters. The summed E-state index contributed by atoms with van der Waals surface area (Å²) in [6.45, 7) is 5.43. The standard InChI is InChI=1S/C28H23BCl2F4N2O4/c1-14-17(23-12-27(41-37-23,28(33,34)35)16-10-21(30)24(32)22(31)11-16)5-4-6-18(14)25(38)36-13-15-7-8-20-19(9-15)26(2,3)40-29(20)39/h4-11,39H,12-13H2,1-3H3,(H,36,38). The smallest absolute Gasteiger partial charge is 0.423 e. The van der Waals surface area contributed by atoms with Crippen LogP contribution in [0.4, 0.5) is 17.6 Å². The summed E-state index contributed by atoms with van der Waals surface area (Å²) in [4.78, 5) is 18.2. The molecule has 6 nitrogen and oxygen atoms in total. The maximum Gasteiger partial charge on any atom is 0.492 e. The minimum Gasteiger partial charge on any atom is -0.423 e. The molecule has 0 spiro atoms. The fourth-order valence-electron chi connectivity index (χ4n) is 5.16. The van der Waals surface area contributed by atoms with Gasteiger partial charge in [0.1, 0.15) is 0 Å². The highest BCUT2D eigenvalue weighted by Gasteiger charge is 2.62. The van der Waals surface area contributed by atoms with Crippen LogP contribution in [0.1, 0.15) is 58.4 Å². The van der Waals surface area contributed by atoms with Crippen LogP contribution in [0.2, 0.25) is 10.0 Å². The summed E-state index contributed by atoms with van der Waals surface area (Å²) in [5, 5.41) is 15.5. The van der Waals surface area contributed by atoms with Crippen molar-refractivity contribution in [3.63, 3.8) is 0 Å². The van der Waals surface area contributed by atoms with Crippen LogP contribution >= 0.6 is 23.2 Å². The van der Waals surface area contributed by atoms with Gasteiger partial charge in [0.05, 0.1) is 21.4 Å². The lowest BCUT2D eigenvalue weighted by atomic mass is 9.78. The quantitative estimate of drug-likeness (QED) is 0.215. The lowest BCUT2D eigenvalue weighted by molar-refractivity contribution is -0.275. The highest BCUT2D eigenvalue weighted by Crippen LogP contribution is 2.50. The number of rotatable bonds is 5. The summed E-state index contributed by atoms with van der Waals surface area (Å²) in [5.74, 6) is -1.49. The number of benzene rings is 3. The number of carbonyl (C=O) groups is 1. The maximum absolute atomic E-state index is 14.4. The predicted molar refractivity (Wildman–Crippen MR) is 147 cm³/mol. The van der Waals surface area contributed by atoms with Gasteiger partial charge in [0.15, 0.2) is 5.82 Å². The second kappa shape index (κ2) is 10.3. The lowest BCUT2D eigenvalue weighted by Gasteiger charge is -2.29. The third-order valence-corrected chi connectivity index (χ3v) is 7.97. The summed E-state index contributed by atoms with van der Waals surface area (Å²) in [6.07, 6.45) is -5.71. The Kier molecular flexibility index (Phi) is 7.39. The third kappa shape index (κ3) is 5.09. The molecule has 0 aliphatic carbocycles. The highest BCUT2D eigenvalue weighted by atomic mass is 35.5. The van der Waals surface area contributed by atoms with E-state index in [0.29, 0.717) is 11.0 Å². The van der Waals surface area contributed by atoms with E-state index in [1.165, 1.54) is 6.07 Å². The first kappa shape index (κ1) is 29.4. The molecule has 0 bridgehead atoms. The molecule has 0 aromatic heterocycles. The minimum atomic E-state index is -4.96. The molecule has 2 aliphatic rings. The number of nitrogens with one attached hydrogen (secondary N) is 1. The van der Waals surface area contributed by atoms with E-state index < -0.39 is 58.3 Å². The van der Waals surface area contributed by atoms with E-state index in [-0.39, 0.29) is 23.4 Å². The largest absolute Gasteiger partial charge is 0.492 e. The Balaban J connectivity index is 1.38. The first-order valence-corrected chi connectivity index (χ1v) is 13.2. The Morgan fingerprint density at radius 2 is 1.83 bits per heavy atom. The average molecular weight is 609 g/mol. The number of alkyl halides is 3. The van der Waals surface area contributed by atoms with Gasteiger partial charge in [-0.2, -0.15) is 13.2 Å². The second-order valence-corrected chi connectivity index (χ2v) is 11.3. The van der Waals surface area contributed by atoms with Crippen LogP contribution in [0.25, 0.3) is 0 Å². The summed E-state index contributed by atoms with van der Waals surface area (Å²) in [6, 6.07) is 11.6. The lowest BCUT2D eigenvalue weighted by Crippen LogP contribution is -2.42. The van der Waals surface area contributed by atoms with Crippen LogP contribution in [0.3, 0.4) is 0 Å². The van der Waals surface area contributed by atoms with Crippen LogP contribution in [0, 0.1) is 12.7 Å². The zero-order chi connectivity index (χ0) is 29.9. The van der Waals surface area contributed by atoms with Gasteiger partial charge in [-0.1, -0.05) is 58.7 Å². The zero-order valence-corrected chi connectivity index (χ0v) is 23.5. The first-order valence-electron chi connectivity index (χ1n) is 12.5. The van der Waals surface area contributed by atoms with Gasteiger partial charge < -0.3 is 19.8 Å². The number of halogens is 6. The van der Waals surface area contributed by atoms with E-state index in [1.54, 1.807) is 31.2 Å². The molecular weight excluding hydrogens is 586 g/mol. The van der Waals surface area contributed by atoms with Crippen LogP contribution in [0.15, 0.2) is 53.7 Å². The molecule has 3 aromatic carbocycles. The van der Waals surface area contributed by atoms with E-state index >= 15 is 0 Å². The Bertz CT molecular complexity index is 1570. The molecule has 2 aliphatic heterocycles. The second-order valence-electron chi connectivity index (χ2n) is 10.4. The van der Waals surface area contributed by atoms with Gasteiger partial charge in [0.2, 0.25) is 0 Å². The van der Waals surface area contributed by atoms with Crippen molar-refractivity contribution in [1.82, 2.24) is 5.32 Å². The molecule has 13 heteroatoms. The number of hydrogen-bond donors (Lipinski definition) is 2. The number of oxime groups is 1. The van der Waals surface area contributed by atoms with Crippen molar-refractivity contribution < 1.29 is 36.9 Å². The van der Waals surface area contributed by atoms with Crippen molar-refractivity contribution >= 4 is 47.4 Å². The van der Waals surface area contributed by atoms with Crippen molar-refractivity contribution in [2.24, 2.45) is 5.16 Å². The molecule has 1 atom stereocenters. The molecule has 2 N–H and O–H groups in total. The van der Waals surface area contributed by atoms with Gasteiger partial charge in [-0.3, -0.25) is 4.79 Å². The molecule has 1 amide bonds. The zero-order valence-electron chi connectivity index (χ0n) is 22.0. The minimum absolute atomic E-state index is 0.0505. The molecule has 2 heterocycles. The molecule has 3 aromatic rings. The van der Waals surface area contributed by atoms with Crippen LogP contribution in [-0.2, 0) is 27.2 Å². The molecule has 5 rings (SSSR count). The molecule has 0 fully saturated rings. The molecule has 214 valence electrons. The van der Waals surface area contributed by atoms with E-state index in [0.717, 1.165) is 23.3 Å². The van der Waals surface area contributed by atoms with Crippen molar-refractivity contribution in [1.29, 1.82) is 0 Å². The van der Waals surface area contributed by atoms with E-state index in [1.807, 2.05) is 19.9 Å². The van der Waals surface area contributed by atoms with Crippen molar-refractivity contribution in [3.8, 4) is 0 Å². The van der Waals surface area contributed by atoms with Gasteiger partial charge in [-0.25, -0.2) is 4.39 Å². The topological polar surface area (TPSA) is 80.2 Å². The Labute approximate surface area is 243 Å². The van der Waals surface area contributed by atoms with Gasteiger partial charge in [0, 0.05) is 29.7 Å². The van der Waals surface area contributed by atoms with E-state index in [2.05, 4.69) is 10.5 Å². The van der Waals surface area contributed by atoms with E-state index in [4.69, 9.17) is 32.7 Å². The Hall–Kier alpha value is -3.12. The summed E-state index contributed by atoms with van der Waals surface area (Å²) < 4.78 is 62.8. The third-order valence-electron chi connectivity index (χ3n) is 7.42. The fraction of sp³-hybridized carbons (Fsp3) is 0.286. The van der Waals surface area contributed by atoms with Crippen LogP contribution in [-0.4, -0.2) is 29.9 Å². The van der Waals surface area contributed by atoms with Gasteiger partial charge in [-0.05, 0) is 61.1 Å². The Morgan fingerprint density at radius 3 is 2.49 bits per heavy atom. The molecule has 0 saturated heterocycles. The maximum atomic E-state index is 14.4. The van der Waals surface area contributed by atoms with E-state index in [9.17, 15) is 27.4 Å². The number of hydrogen-bond acceptors (Lipinski definition) is 5. The van der Waals surface area contributed by atoms with Crippen molar-refractivity contribution in [2.45, 2.75) is 51.1 Å². The first-order chi connectivity index (χ1) is 19.1. The fourth-order valence-corrected chi connectivity index (χ4v) is 5.65. The highest BCUT2D eigenvalue weighted by molar-refractivity contribution is 6.61. The normalized spacial score (nSPS) is 19.6. The predicted octanol–water partition coefficient (Wildman–Crippen LogP) is 5.91. The van der Waals surface area contributed by atoms with Crippen molar-refractivity contribution in [3.05, 3.63) is 97.8 Å². The van der Waals surface area contributed by atoms with Gasteiger partial charge in [-0.15, -0.1) is 0 Å². The number of nitrogens with zero attached hydrogens (tertiary/aromatic N) is 1. The molecule has 41 heavy (non-hydrogen) atoms. The Morgan fingerprint density at radius 1 is 1.15 bits per heavy atom. The summed E-state index contributed by atoms with van der Waals surface area (Å²) in [5.41, 5.74) is -1.03. The monoisotopic (exact) mass is 608 g/mol. The average Bonchev–Trinajstić information content (AvgIpc) is 3.45. The molecular formula is C28H23BCl2F4N2O4. The molecule has 0 saturated carbocycles. The van der Waals surface area contributed by atoms with Crippen molar-refractivity contribution in [2.75, 3.05) is 0 Å². The SMILES string of the molecule is Cc1c(C(=O)NCc2ccc3c(c2)C(C)(C)OB3O)cccc1C1=NOC(c2cc(Cl)c(F)c(Cl)c2)(C(F)(F)F)C1. The number of amides is 1. The number of carbonyl (C=O) groups excluding carboxylic acids is 1. The van der Waals surface area contributed by atoms with Gasteiger partial charge in [0.25, 0.3) is 11.5 Å². The summed E-state index contributed by atoms with van der Waals surface area (Å²) in [7, 11) is -1.02.